The molecule has 0 aliphatic carbocycles. The van der Waals surface area contributed by atoms with Gasteiger partial charge in [-0.2, -0.15) is 0 Å². The van der Waals surface area contributed by atoms with Gasteiger partial charge in [-0.05, 0) is 55.5 Å². The lowest BCUT2D eigenvalue weighted by Crippen LogP contribution is -2.08. The normalized spacial score (nSPS) is 10.4. The first-order chi connectivity index (χ1) is 12.9. The van der Waals surface area contributed by atoms with Gasteiger partial charge in [0.25, 0.3) is 0 Å². The fourth-order valence-electron chi connectivity index (χ4n) is 2.68. The predicted molar refractivity (Wildman–Crippen MR) is 115 cm³/mol. The molecule has 1 aromatic heterocycles. The van der Waals surface area contributed by atoms with Crippen molar-refractivity contribution in [3.8, 4) is 0 Å². The maximum atomic E-state index is 4.49. The van der Waals surface area contributed by atoms with E-state index in [0.29, 0.717) is 5.82 Å². The third-order valence-corrected chi connectivity index (χ3v) is 4.15. The Bertz CT molecular complexity index is 814. The average molecular weight is 362 g/mol. The van der Waals surface area contributed by atoms with E-state index >= 15 is 0 Å². The van der Waals surface area contributed by atoms with Crippen LogP contribution in [0.3, 0.4) is 0 Å². The van der Waals surface area contributed by atoms with Crippen LogP contribution in [0.25, 0.3) is 0 Å². The van der Waals surface area contributed by atoms with Gasteiger partial charge in [-0.25, -0.2) is 9.97 Å². The standard InChI is InChI=1S/C21H26N6/c1-15-22-20(24-16-6-10-18(11-7-16)26(2)3)14-21(23-15)25-17-8-12-19(13-9-17)27(4)5/h6-14H,1-5H3,(H2,22,23,24,25). The average Bonchev–Trinajstić information content (AvgIpc) is 2.62. The summed E-state index contributed by atoms with van der Waals surface area (Å²) < 4.78 is 0. The van der Waals surface area contributed by atoms with Crippen LogP contribution >= 0.6 is 0 Å². The summed E-state index contributed by atoms with van der Waals surface area (Å²) in [5.74, 6) is 2.22. The first-order valence-corrected chi connectivity index (χ1v) is 8.85. The zero-order valence-electron chi connectivity index (χ0n) is 16.5. The van der Waals surface area contributed by atoms with Crippen molar-refractivity contribution >= 4 is 34.4 Å². The molecule has 0 bridgehead atoms. The Hall–Kier alpha value is -3.28. The summed E-state index contributed by atoms with van der Waals surface area (Å²) in [6, 6.07) is 18.4. The van der Waals surface area contributed by atoms with Crippen molar-refractivity contribution in [2.24, 2.45) is 0 Å². The number of hydrogen-bond donors (Lipinski definition) is 2. The smallest absolute Gasteiger partial charge is 0.136 e. The monoisotopic (exact) mass is 362 g/mol. The van der Waals surface area contributed by atoms with Crippen molar-refractivity contribution < 1.29 is 0 Å². The van der Waals surface area contributed by atoms with Crippen LogP contribution in [0.1, 0.15) is 5.82 Å². The molecule has 0 aliphatic heterocycles. The summed E-state index contributed by atoms with van der Waals surface area (Å²) in [7, 11) is 8.11. The van der Waals surface area contributed by atoms with Gasteiger partial charge < -0.3 is 20.4 Å². The lowest BCUT2D eigenvalue weighted by Gasteiger charge is -2.14. The van der Waals surface area contributed by atoms with Crippen LogP contribution in [0.4, 0.5) is 34.4 Å². The fraction of sp³-hybridized carbons (Fsp3) is 0.238. The summed E-state index contributed by atoms with van der Waals surface area (Å²) >= 11 is 0. The second-order valence-corrected chi connectivity index (χ2v) is 6.82. The molecule has 2 N–H and O–H groups in total. The van der Waals surface area contributed by atoms with Crippen molar-refractivity contribution in [2.75, 3.05) is 48.6 Å². The zero-order valence-corrected chi connectivity index (χ0v) is 16.5. The molecular weight excluding hydrogens is 336 g/mol. The third-order valence-electron chi connectivity index (χ3n) is 4.15. The third kappa shape index (κ3) is 4.88. The van der Waals surface area contributed by atoms with Gasteiger partial charge in [0.05, 0.1) is 0 Å². The van der Waals surface area contributed by atoms with Crippen LogP contribution < -0.4 is 20.4 Å². The largest absolute Gasteiger partial charge is 0.378 e. The van der Waals surface area contributed by atoms with Gasteiger partial charge >= 0.3 is 0 Å². The van der Waals surface area contributed by atoms with Crippen LogP contribution in [0.15, 0.2) is 54.6 Å². The predicted octanol–water partition coefficient (Wildman–Crippen LogP) is 4.40. The van der Waals surface area contributed by atoms with E-state index in [1.54, 1.807) is 0 Å². The maximum Gasteiger partial charge on any atom is 0.136 e. The summed E-state index contributed by atoms with van der Waals surface area (Å²) in [4.78, 5) is 13.1. The number of hydrogen-bond acceptors (Lipinski definition) is 6. The van der Waals surface area contributed by atoms with Gasteiger partial charge in [-0.15, -0.1) is 0 Å². The van der Waals surface area contributed by atoms with Crippen LogP contribution in [-0.4, -0.2) is 38.2 Å². The molecule has 0 fully saturated rings. The minimum absolute atomic E-state index is 0.706. The van der Waals surface area contributed by atoms with Crippen molar-refractivity contribution in [1.29, 1.82) is 0 Å². The Balaban J connectivity index is 1.75. The van der Waals surface area contributed by atoms with E-state index in [2.05, 4.69) is 54.7 Å². The molecule has 0 unspecified atom stereocenters. The van der Waals surface area contributed by atoms with E-state index in [4.69, 9.17) is 0 Å². The molecule has 0 aliphatic rings. The number of rotatable bonds is 6. The number of aromatic nitrogens is 2. The molecule has 3 aromatic rings. The lowest BCUT2D eigenvalue weighted by molar-refractivity contribution is 1.06. The molecule has 0 saturated heterocycles. The zero-order chi connectivity index (χ0) is 19.4. The minimum Gasteiger partial charge on any atom is -0.378 e. The number of aryl methyl sites for hydroxylation is 1. The summed E-state index contributed by atoms with van der Waals surface area (Å²) in [5, 5.41) is 6.69. The molecular formula is C21H26N6. The maximum absolute atomic E-state index is 4.49. The van der Waals surface area contributed by atoms with E-state index in [0.717, 1.165) is 34.4 Å². The number of nitrogens with zero attached hydrogens (tertiary/aromatic N) is 4. The molecule has 0 amide bonds. The molecule has 0 spiro atoms. The highest BCUT2D eigenvalue weighted by Crippen LogP contribution is 2.23. The fourth-order valence-corrected chi connectivity index (χ4v) is 2.68. The quantitative estimate of drug-likeness (QED) is 0.678. The molecule has 27 heavy (non-hydrogen) atoms. The molecule has 140 valence electrons. The molecule has 0 atom stereocenters. The summed E-state index contributed by atoms with van der Waals surface area (Å²) in [6.07, 6.45) is 0. The van der Waals surface area contributed by atoms with Crippen LogP contribution in [-0.2, 0) is 0 Å². The second-order valence-electron chi connectivity index (χ2n) is 6.82. The molecule has 0 saturated carbocycles. The van der Waals surface area contributed by atoms with Crippen molar-refractivity contribution in [3.63, 3.8) is 0 Å². The summed E-state index contributed by atoms with van der Waals surface area (Å²) in [5.41, 5.74) is 4.28. The van der Waals surface area contributed by atoms with Crippen LogP contribution in [0, 0.1) is 6.92 Å². The topological polar surface area (TPSA) is 56.3 Å². The Morgan fingerprint density at radius 3 is 1.33 bits per heavy atom. The van der Waals surface area contributed by atoms with Gasteiger partial charge in [-0.3, -0.25) is 0 Å². The van der Waals surface area contributed by atoms with E-state index in [1.807, 2.05) is 65.4 Å². The second kappa shape index (κ2) is 7.95. The van der Waals surface area contributed by atoms with E-state index < -0.39 is 0 Å². The Kier molecular flexibility index (Phi) is 5.45. The van der Waals surface area contributed by atoms with E-state index in [9.17, 15) is 0 Å². The van der Waals surface area contributed by atoms with E-state index in [1.165, 1.54) is 0 Å². The van der Waals surface area contributed by atoms with Gasteiger partial charge in [0.15, 0.2) is 0 Å². The molecule has 6 heteroatoms. The van der Waals surface area contributed by atoms with Crippen molar-refractivity contribution in [2.45, 2.75) is 6.92 Å². The number of nitrogens with one attached hydrogen (secondary N) is 2. The molecule has 3 rings (SSSR count). The highest BCUT2D eigenvalue weighted by atomic mass is 15.1. The highest BCUT2D eigenvalue weighted by Gasteiger charge is 2.05. The number of benzene rings is 2. The summed E-state index contributed by atoms with van der Waals surface area (Å²) in [6.45, 7) is 1.89. The van der Waals surface area contributed by atoms with Crippen LogP contribution in [0.2, 0.25) is 0 Å². The Morgan fingerprint density at radius 2 is 1.00 bits per heavy atom. The molecule has 0 radical (unpaired) electrons. The molecule has 2 aromatic carbocycles. The van der Waals surface area contributed by atoms with Crippen molar-refractivity contribution in [3.05, 3.63) is 60.4 Å². The first-order valence-electron chi connectivity index (χ1n) is 8.85. The highest BCUT2D eigenvalue weighted by molar-refractivity contribution is 5.66. The van der Waals surface area contributed by atoms with Gasteiger partial charge in [0, 0.05) is 57.0 Å². The SMILES string of the molecule is Cc1nc(Nc2ccc(N(C)C)cc2)cc(Nc2ccc(N(C)C)cc2)n1. The first kappa shape index (κ1) is 18.5. The molecule has 6 nitrogen and oxygen atoms in total. The minimum atomic E-state index is 0.706. The van der Waals surface area contributed by atoms with Gasteiger partial charge in [-0.1, -0.05) is 0 Å². The Labute approximate surface area is 160 Å². The number of anilines is 6. The van der Waals surface area contributed by atoms with Gasteiger partial charge in [0.1, 0.15) is 17.5 Å². The van der Waals surface area contributed by atoms with Crippen molar-refractivity contribution in [1.82, 2.24) is 9.97 Å². The molecule has 1 heterocycles. The Morgan fingerprint density at radius 1 is 0.630 bits per heavy atom. The van der Waals surface area contributed by atoms with Crippen LogP contribution in [0.5, 0.6) is 0 Å². The lowest BCUT2D eigenvalue weighted by atomic mass is 10.2. The van der Waals surface area contributed by atoms with Gasteiger partial charge in [0.2, 0.25) is 0 Å². The van der Waals surface area contributed by atoms with E-state index in [-0.39, 0.29) is 0 Å².